The van der Waals surface area contributed by atoms with E-state index < -0.39 is 0 Å². The second kappa shape index (κ2) is 12.3. The zero-order valence-electron chi connectivity index (χ0n) is 18.2. The molecule has 3 aromatic rings. The number of carbonyl (C=O) groups is 1. The van der Waals surface area contributed by atoms with Gasteiger partial charge in [-0.25, -0.2) is 9.97 Å². The van der Waals surface area contributed by atoms with Crippen LogP contribution in [-0.4, -0.2) is 43.2 Å². The maximum atomic E-state index is 10.4. The topological polar surface area (TPSA) is 82.6 Å². The number of hydrogen-bond acceptors (Lipinski definition) is 7. The lowest BCUT2D eigenvalue weighted by molar-refractivity contribution is -0.107. The molecule has 2 aromatic carbocycles. The van der Waals surface area contributed by atoms with Crippen molar-refractivity contribution in [3.63, 3.8) is 0 Å². The van der Waals surface area contributed by atoms with Crippen molar-refractivity contribution in [3.8, 4) is 23.8 Å². The standard InChI is InChI=1S/C25H27N3O4/c1-3-19-9-8-10-20(15-19)28-25-21-16-23(32-14-13-30-2)24(17-22(21)26-18-27-25)31-12-7-5-4-6-11-29/h1,8-11,15-18H,4-7,12-14H2,2H3,(H,26,27,28). The number of unbranched alkanes of at least 4 members (excludes halogenated alkanes) is 3. The van der Waals surface area contributed by atoms with Crippen LogP contribution in [0.4, 0.5) is 11.5 Å². The molecule has 0 fully saturated rings. The highest BCUT2D eigenvalue weighted by atomic mass is 16.5. The lowest BCUT2D eigenvalue weighted by Crippen LogP contribution is -2.07. The van der Waals surface area contributed by atoms with Crippen molar-refractivity contribution in [2.45, 2.75) is 25.7 Å². The first kappa shape index (κ1) is 23.0. The Labute approximate surface area is 188 Å². The van der Waals surface area contributed by atoms with Crippen molar-refractivity contribution in [2.75, 3.05) is 32.2 Å². The molecule has 7 heteroatoms. The minimum Gasteiger partial charge on any atom is -0.490 e. The lowest BCUT2D eigenvalue weighted by Gasteiger charge is -2.15. The molecule has 0 bridgehead atoms. The summed E-state index contributed by atoms with van der Waals surface area (Å²) in [6.07, 6.45) is 11.2. The van der Waals surface area contributed by atoms with E-state index in [9.17, 15) is 4.79 Å². The first-order chi connectivity index (χ1) is 15.7. The van der Waals surface area contributed by atoms with Gasteiger partial charge in [-0.3, -0.25) is 0 Å². The molecule has 0 radical (unpaired) electrons. The van der Waals surface area contributed by atoms with Gasteiger partial charge in [0.1, 0.15) is 25.0 Å². The Kier molecular flexibility index (Phi) is 8.84. The van der Waals surface area contributed by atoms with Gasteiger partial charge < -0.3 is 24.3 Å². The third-order valence-electron chi connectivity index (χ3n) is 4.76. The Bertz CT molecular complexity index is 1080. The number of methoxy groups -OCH3 is 1. The Hall–Kier alpha value is -3.63. The Balaban J connectivity index is 1.84. The summed E-state index contributed by atoms with van der Waals surface area (Å²) in [5.41, 5.74) is 2.34. The molecule has 1 heterocycles. The van der Waals surface area contributed by atoms with E-state index in [0.717, 1.165) is 47.7 Å². The van der Waals surface area contributed by atoms with Gasteiger partial charge in [0, 0.05) is 36.2 Å². The summed E-state index contributed by atoms with van der Waals surface area (Å²) in [6.45, 7) is 1.37. The molecule has 0 saturated heterocycles. The molecule has 0 saturated carbocycles. The maximum Gasteiger partial charge on any atom is 0.163 e. The van der Waals surface area contributed by atoms with Crippen LogP contribution in [0.2, 0.25) is 0 Å². The van der Waals surface area contributed by atoms with E-state index in [1.54, 1.807) is 7.11 Å². The minimum absolute atomic E-state index is 0.387. The third-order valence-corrected chi connectivity index (χ3v) is 4.76. The highest BCUT2D eigenvalue weighted by molar-refractivity contribution is 5.93. The summed E-state index contributed by atoms with van der Waals surface area (Å²) in [7, 11) is 1.63. The molecule has 3 rings (SSSR count). The largest absolute Gasteiger partial charge is 0.490 e. The van der Waals surface area contributed by atoms with Crippen LogP contribution >= 0.6 is 0 Å². The average molecular weight is 434 g/mol. The Morgan fingerprint density at radius 1 is 1.03 bits per heavy atom. The lowest BCUT2D eigenvalue weighted by atomic mass is 10.2. The average Bonchev–Trinajstić information content (AvgIpc) is 2.82. The number of anilines is 2. The SMILES string of the molecule is C#Cc1cccc(Nc2ncnc3cc(OCCCCCC=O)c(OCCOC)cc23)c1. The van der Waals surface area contributed by atoms with Gasteiger partial charge in [-0.1, -0.05) is 12.0 Å². The number of terminal acetylenes is 1. The van der Waals surface area contributed by atoms with Crippen LogP contribution in [0.15, 0.2) is 42.7 Å². The van der Waals surface area contributed by atoms with Crippen LogP contribution in [0.25, 0.3) is 10.9 Å². The number of nitrogens with zero attached hydrogens (tertiary/aromatic N) is 2. The molecule has 1 N–H and O–H groups in total. The number of nitrogens with one attached hydrogen (secondary N) is 1. The van der Waals surface area contributed by atoms with E-state index in [1.165, 1.54) is 6.33 Å². The quantitative estimate of drug-likeness (QED) is 0.241. The molecule has 166 valence electrons. The Morgan fingerprint density at radius 2 is 1.88 bits per heavy atom. The van der Waals surface area contributed by atoms with Gasteiger partial charge in [0.25, 0.3) is 0 Å². The van der Waals surface area contributed by atoms with E-state index in [4.69, 9.17) is 20.6 Å². The van der Waals surface area contributed by atoms with Gasteiger partial charge in [0.05, 0.1) is 18.7 Å². The van der Waals surface area contributed by atoms with Gasteiger partial charge in [-0.05, 0) is 43.5 Å². The van der Waals surface area contributed by atoms with Crippen molar-refractivity contribution < 1.29 is 19.0 Å². The minimum atomic E-state index is 0.387. The number of ether oxygens (including phenoxy) is 3. The molecule has 0 atom stereocenters. The normalized spacial score (nSPS) is 10.5. The van der Waals surface area contributed by atoms with Gasteiger partial charge in [-0.2, -0.15) is 0 Å². The molecule has 0 aliphatic rings. The fourth-order valence-corrected chi connectivity index (χ4v) is 3.14. The monoisotopic (exact) mass is 433 g/mol. The van der Waals surface area contributed by atoms with Crippen molar-refractivity contribution in [1.82, 2.24) is 9.97 Å². The van der Waals surface area contributed by atoms with Crippen LogP contribution in [0.5, 0.6) is 11.5 Å². The molecular formula is C25H27N3O4. The Morgan fingerprint density at radius 3 is 2.69 bits per heavy atom. The summed E-state index contributed by atoms with van der Waals surface area (Å²) in [6, 6.07) is 11.3. The van der Waals surface area contributed by atoms with Gasteiger partial charge >= 0.3 is 0 Å². The zero-order valence-corrected chi connectivity index (χ0v) is 18.2. The number of hydrogen-bond donors (Lipinski definition) is 1. The summed E-state index contributed by atoms with van der Waals surface area (Å²) >= 11 is 0. The summed E-state index contributed by atoms with van der Waals surface area (Å²) in [4.78, 5) is 19.3. The summed E-state index contributed by atoms with van der Waals surface area (Å²) < 4.78 is 17.0. The molecule has 0 spiro atoms. The molecule has 1 aromatic heterocycles. The summed E-state index contributed by atoms with van der Waals surface area (Å²) in [5.74, 6) is 4.48. The predicted molar refractivity (Wildman–Crippen MR) is 125 cm³/mol. The third kappa shape index (κ3) is 6.43. The number of aldehydes is 1. The first-order valence-electron chi connectivity index (χ1n) is 10.6. The smallest absolute Gasteiger partial charge is 0.163 e. The van der Waals surface area contributed by atoms with E-state index in [0.29, 0.717) is 43.6 Å². The number of benzene rings is 2. The second-order valence-electron chi connectivity index (χ2n) is 7.09. The second-order valence-corrected chi connectivity index (χ2v) is 7.09. The summed E-state index contributed by atoms with van der Waals surface area (Å²) in [5, 5.41) is 4.11. The number of fused-ring (bicyclic) bond motifs is 1. The van der Waals surface area contributed by atoms with Gasteiger partial charge in [0.15, 0.2) is 11.5 Å². The van der Waals surface area contributed by atoms with Crippen LogP contribution in [-0.2, 0) is 9.53 Å². The maximum absolute atomic E-state index is 10.4. The number of rotatable bonds is 13. The molecule has 0 amide bonds. The van der Waals surface area contributed by atoms with Crippen LogP contribution in [0.3, 0.4) is 0 Å². The fourth-order valence-electron chi connectivity index (χ4n) is 3.14. The molecule has 0 unspecified atom stereocenters. The van der Waals surface area contributed by atoms with E-state index in [2.05, 4.69) is 21.2 Å². The zero-order chi connectivity index (χ0) is 22.6. The van der Waals surface area contributed by atoms with Gasteiger partial charge in [-0.15, -0.1) is 6.42 Å². The molecule has 0 aliphatic carbocycles. The molecule has 32 heavy (non-hydrogen) atoms. The van der Waals surface area contributed by atoms with E-state index in [-0.39, 0.29) is 0 Å². The molecular weight excluding hydrogens is 406 g/mol. The van der Waals surface area contributed by atoms with Gasteiger partial charge in [0.2, 0.25) is 0 Å². The highest BCUT2D eigenvalue weighted by Gasteiger charge is 2.13. The predicted octanol–water partition coefficient (Wildman–Crippen LogP) is 4.52. The molecule has 0 aliphatic heterocycles. The van der Waals surface area contributed by atoms with Crippen LogP contribution in [0, 0.1) is 12.3 Å². The fraction of sp³-hybridized carbons (Fsp3) is 0.320. The van der Waals surface area contributed by atoms with Crippen molar-refractivity contribution in [2.24, 2.45) is 0 Å². The van der Waals surface area contributed by atoms with E-state index in [1.807, 2.05) is 36.4 Å². The van der Waals surface area contributed by atoms with Crippen molar-refractivity contribution in [3.05, 3.63) is 48.3 Å². The highest BCUT2D eigenvalue weighted by Crippen LogP contribution is 2.35. The first-order valence-corrected chi connectivity index (χ1v) is 10.6. The number of carbonyl (C=O) groups excluding carboxylic acids is 1. The van der Waals surface area contributed by atoms with Crippen molar-refractivity contribution in [1.29, 1.82) is 0 Å². The van der Waals surface area contributed by atoms with E-state index >= 15 is 0 Å². The number of aromatic nitrogens is 2. The van der Waals surface area contributed by atoms with Crippen molar-refractivity contribution >= 4 is 28.7 Å². The van der Waals surface area contributed by atoms with Crippen LogP contribution in [0.1, 0.15) is 31.2 Å². The van der Waals surface area contributed by atoms with Crippen LogP contribution < -0.4 is 14.8 Å². The molecule has 7 nitrogen and oxygen atoms in total.